The van der Waals surface area contributed by atoms with Gasteiger partial charge in [-0.15, -0.1) is 11.3 Å². The molecule has 0 unspecified atom stereocenters. The third kappa shape index (κ3) is 4.25. The van der Waals surface area contributed by atoms with E-state index in [4.69, 9.17) is 14.2 Å². The first kappa shape index (κ1) is 23.3. The Morgan fingerprint density at radius 2 is 1.86 bits per heavy atom. The summed E-state index contributed by atoms with van der Waals surface area (Å²) < 4.78 is 30.4. The first-order valence-electron chi connectivity index (χ1n) is 11.3. The summed E-state index contributed by atoms with van der Waals surface area (Å²) in [6.45, 7) is 2.74. The number of aromatic nitrogens is 1. The van der Waals surface area contributed by atoms with Gasteiger partial charge in [-0.05, 0) is 31.2 Å². The fourth-order valence-electron chi connectivity index (χ4n) is 4.70. The van der Waals surface area contributed by atoms with Crippen LogP contribution in [0.5, 0.6) is 17.2 Å². The van der Waals surface area contributed by atoms with Crippen LogP contribution in [0.25, 0.3) is 10.6 Å². The summed E-state index contributed by atoms with van der Waals surface area (Å²) in [6, 6.07) is 9.47. The zero-order valence-electron chi connectivity index (χ0n) is 19.7. The van der Waals surface area contributed by atoms with Crippen molar-refractivity contribution < 1.29 is 28.2 Å². The maximum Gasteiger partial charge on any atom is 0.265 e. The molecule has 0 atom stereocenters. The van der Waals surface area contributed by atoms with E-state index in [1.54, 1.807) is 36.3 Å². The molecule has 7 nitrogen and oxygen atoms in total. The van der Waals surface area contributed by atoms with E-state index < -0.39 is 5.60 Å². The highest BCUT2D eigenvalue weighted by molar-refractivity contribution is 7.17. The zero-order chi connectivity index (χ0) is 24.7. The number of thiazole rings is 1. The van der Waals surface area contributed by atoms with E-state index >= 15 is 0 Å². The van der Waals surface area contributed by atoms with E-state index in [1.807, 2.05) is 6.92 Å². The molecule has 9 heteroatoms. The van der Waals surface area contributed by atoms with Gasteiger partial charge in [-0.1, -0.05) is 0 Å². The van der Waals surface area contributed by atoms with Crippen molar-refractivity contribution in [2.24, 2.45) is 0 Å². The lowest BCUT2D eigenvalue weighted by atomic mass is 9.82. The average Bonchev–Trinajstić information content (AvgIpc) is 3.25. The van der Waals surface area contributed by atoms with E-state index in [0.29, 0.717) is 64.3 Å². The van der Waals surface area contributed by atoms with Crippen LogP contribution in [0.1, 0.15) is 45.0 Å². The topological polar surface area (TPSA) is 78.0 Å². The van der Waals surface area contributed by atoms with Crippen molar-refractivity contribution in [1.29, 1.82) is 0 Å². The molecular weight excluding hydrogens is 471 g/mol. The highest BCUT2D eigenvalue weighted by Gasteiger charge is 2.45. The van der Waals surface area contributed by atoms with E-state index in [2.05, 4.69) is 4.98 Å². The predicted molar refractivity (Wildman–Crippen MR) is 129 cm³/mol. The number of ether oxygens (including phenoxy) is 3. The molecule has 35 heavy (non-hydrogen) atoms. The van der Waals surface area contributed by atoms with Crippen molar-refractivity contribution in [3.05, 3.63) is 58.3 Å². The number of benzene rings is 2. The smallest absolute Gasteiger partial charge is 0.265 e. The van der Waals surface area contributed by atoms with Gasteiger partial charge in [0.15, 0.2) is 5.78 Å². The van der Waals surface area contributed by atoms with Gasteiger partial charge in [-0.2, -0.15) is 0 Å². The molecule has 3 aromatic rings. The van der Waals surface area contributed by atoms with Crippen LogP contribution in [-0.2, 0) is 0 Å². The lowest BCUT2D eigenvalue weighted by Crippen LogP contribution is -2.52. The van der Waals surface area contributed by atoms with Crippen LogP contribution in [0.15, 0.2) is 36.4 Å². The SMILES string of the molecule is COc1cc(OC)c2c(c1)OC1(CCN(C(=O)c3sc(-c4ccc(F)cc4)nc3C)CC1)CC2=O. The molecule has 1 spiro atoms. The number of aryl methyl sites for hydroxylation is 1. The Balaban J connectivity index is 1.32. The zero-order valence-corrected chi connectivity index (χ0v) is 20.5. The number of likely N-dealkylation sites (tertiary alicyclic amines) is 1. The van der Waals surface area contributed by atoms with Gasteiger partial charge in [-0.25, -0.2) is 9.37 Å². The summed E-state index contributed by atoms with van der Waals surface area (Å²) in [5.41, 5.74) is 1.19. The maximum absolute atomic E-state index is 13.3. The van der Waals surface area contributed by atoms with Crippen LogP contribution in [0.4, 0.5) is 4.39 Å². The Labute approximate surface area is 206 Å². The number of hydrogen-bond donors (Lipinski definition) is 0. The number of piperidine rings is 1. The van der Waals surface area contributed by atoms with Crippen molar-refractivity contribution in [2.45, 2.75) is 31.8 Å². The number of rotatable bonds is 4. The molecule has 1 aromatic heterocycles. The molecule has 2 aliphatic heterocycles. The number of halogens is 1. The molecule has 0 radical (unpaired) electrons. The van der Waals surface area contributed by atoms with Gasteiger partial charge >= 0.3 is 0 Å². The van der Waals surface area contributed by atoms with Gasteiger partial charge in [-0.3, -0.25) is 9.59 Å². The van der Waals surface area contributed by atoms with Gasteiger partial charge in [0.2, 0.25) is 0 Å². The van der Waals surface area contributed by atoms with Gasteiger partial charge in [0.05, 0.1) is 26.3 Å². The van der Waals surface area contributed by atoms with E-state index in [-0.39, 0.29) is 23.9 Å². The number of fused-ring (bicyclic) bond motifs is 1. The number of amides is 1. The largest absolute Gasteiger partial charge is 0.496 e. The highest BCUT2D eigenvalue weighted by atomic mass is 32.1. The third-order valence-electron chi connectivity index (χ3n) is 6.63. The van der Waals surface area contributed by atoms with Crippen molar-refractivity contribution >= 4 is 23.0 Å². The van der Waals surface area contributed by atoms with Gasteiger partial charge in [0.1, 0.15) is 44.1 Å². The van der Waals surface area contributed by atoms with Crippen LogP contribution in [0.3, 0.4) is 0 Å². The molecule has 2 aromatic carbocycles. The van der Waals surface area contributed by atoms with Crippen molar-refractivity contribution in [3.8, 4) is 27.8 Å². The molecule has 0 saturated carbocycles. The van der Waals surface area contributed by atoms with Crippen LogP contribution in [-0.4, -0.2) is 54.5 Å². The number of methoxy groups -OCH3 is 2. The molecular formula is C26H25FN2O5S. The molecule has 1 saturated heterocycles. The normalized spacial score (nSPS) is 16.6. The number of carbonyl (C=O) groups is 2. The summed E-state index contributed by atoms with van der Waals surface area (Å²) in [4.78, 5) is 33.3. The third-order valence-corrected chi connectivity index (χ3v) is 7.82. The lowest BCUT2D eigenvalue weighted by Gasteiger charge is -2.44. The Bertz CT molecular complexity index is 1300. The number of nitrogens with zero attached hydrogens (tertiary/aromatic N) is 2. The minimum atomic E-state index is -0.666. The van der Waals surface area contributed by atoms with Gasteiger partial charge in [0, 0.05) is 43.6 Å². The Morgan fingerprint density at radius 1 is 1.14 bits per heavy atom. The summed E-state index contributed by atoms with van der Waals surface area (Å²) in [5, 5.41) is 0.681. The molecule has 182 valence electrons. The van der Waals surface area contributed by atoms with Crippen LogP contribution in [0, 0.1) is 12.7 Å². The van der Waals surface area contributed by atoms with E-state index in [0.717, 1.165) is 5.56 Å². The molecule has 2 aliphatic rings. The number of hydrogen-bond acceptors (Lipinski definition) is 7. The summed E-state index contributed by atoms with van der Waals surface area (Å²) >= 11 is 1.31. The molecule has 0 N–H and O–H groups in total. The predicted octanol–water partition coefficient (Wildman–Crippen LogP) is 4.92. The van der Waals surface area contributed by atoms with Crippen molar-refractivity contribution in [3.63, 3.8) is 0 Å². The van der Waals surface area contributed by atoms with Crippen LogP contribution >= 0.6 is 11.3 Å². The first-order valence-corrected chi connectivity index (χ1v) is 12.1. The Hall–Kier alpha value is -3.46. The van der Waals surface area contributed by atoms with E-state index in [1.165, 1.54) is 30.6 Å². The van der Waals surface area contributed by atoms with Crippen LogP contribution < -0.4 is 14.2 Å². The summed E-state index contributed by atoms with van der Waals surface area (Å²) in [6.07, 6.45) is 1.30. The number of carbonyl (C=O) groups excluding carboxylic acids is 2. The Kier molecular flexibility index (Phi) is 5.96. The van der Waals surface area contributed by atoms with Crippen LogP contribution in [0.2, 0.25) is 0 Å². The first-order chi connectivity index (χ1) is 16.8. The maximum atomic E-state index is 13.3. The average molecular weight is 497 g/mol. The fourth-order valence-corrected chi connectivity index (χ4v) is 5.74. The fraction of sp³-hybridized carbons (Fsp3) is 0.346. The monoisotopic (exact) mass is 496 g/mol. The van der Waals surface area contributed by atoms with Gasteiger partial charge < -0.3 is 19.1 Å². The lowest BCUT2D eigenvalue weighted by molar-refractivity contribution is -0.00600. The summed E-state index contributed by atoms with van der Waals surface area (Å²) in [7, 11) is 3.06. The summed E-state index contributed by atoms with van der Waals surface area (Å²) in [5.74, 6) is 1.00. The second-order valence-corrected chi connectivity index (χ2v) is 9.82. The van der Waals surface area contributed by atoms with Gasteiger partial charge in [0.25, 0.3) is 5.91 Å². The molecule has 5 rings (SSSR count). The Morgan fingerprint density at radius 3 is 2.51 bits per heavy atom. The van der Waals surface area contributed by atoms with Crippen molar-refractivity contribution in [1.82, 2.24) is 9.88 Å². The second kappa shape index (κ2) is 8.96. The number of Topliss-reactive ketones (excluding diaryl/α,β-unsaturated/α-hetero) is 1. The highest BCUT2D eigenvalue weighted by Crippen LogP contribution is 2.45. The molecule has 1 fully saturated rings. The number of ketones is 1. The minimum absolute atomic E-state index is 0.0345. The molecule has 0 aliphatic carbocycles. The quantitative estimate of drug-likeness (QED) is 0.511. The molecule has 1 amide bonds. The van der Waals surface area contributed by atoms with Crippen molar-refractivity contribution in [2.75, 3.05) is 27.3 Å². The molecule has 3 heterocycles. The standard InChI is InChI=1S/C26H25FN2O5S/c1-15-23(35-24(28-15)16-4-6-17(27)7-5-16)25(31)29-10-8-26(9-11-29)14-19(30)22-20(33-3)12-18(32-2)13-21(22)34-26/h4-7,12-13H,8-11,14H2,1-3H3. The second-order valence-electron chi connectivity index (χ2n) is 8.82. The minimum Gasteiger partial charge on any atom is -0.496 e. The van der Waals surface area contributed by atoms with E-state index in [9.17, 15) is 14.0 Å². The molecule has 0 bridgehead atoms.